The van der Waals surface area contributed by atoms with Gasteiger partial charge in [0.2, 0.25) is 5.96 Å². The van der Waals surface area contributed by atoms with Crippen LogP contribution in [0.1, 0.15) is 25.5 Å². The number of aryl methyl sites for hydroxylation is 1. The summed E-state index contributed by atoms with van der Waals surface area (Å²) in [6.07, 6.45) is 3.94. The summed E-state index contributed by atoms with van der Waals surface area (Å²) in [6, 6.07) is 0. The second kappa shape index (κ2) is 6.86. The van der Waals surface area contributed by atoms with Gasteiger partial charge in [-0.1, -0.05) is 13.3 Å². The lowest BCUT2D eigenvalue weighted by Gasteiger charge is -1.98. The molecule has 1 heterocycles. The molecule has 1 N–H and O–H groups in total. The lowest BCUT2D eigenvalue weighted by Crippen LogP contribution is -2.22. The van der Waals surface area contributed by atoms with Crippen LogP contribution >= 0.6 is 11.3 Å². The molecule has 1 aromatic rings. The van der Waals surface area contributed by atoms with E-state index in [2.05, 4.69) is 22.2 Å². The first-order valence-electron chi connectivity index (χ1n) is 5.54. The molecule has 0 amide bonds. The number of hydrogen-bond acceptors (Lipinski definition) is 3. The van der Waals surface area contributed by atoms with Crippen molar-refractivity contribution < 1.29 is 0 Å². The van der Waals surface area contributed by atoms with E-state index in [1.807, 2.05) is 30.1 Å². The molecule has 0 saturated heterocycles. The Labute approximate surface area is 105 Å². The van der Waals surface area contributed by atoms with Crippen LogP contribution in [0.2, 0.25) is 0 Å². The van der Waals surface area contributed by atoms with Gasteiger partial charge in [-0.15, -0.1) is 11.3 Å². The van der Waals surface area contributed by atoms with Gasteiger partial charge in [-0.2, -0.15) is 10.3 Å². The highest BCUT2D eigenvalue weighted by atomic mass is 32.1. The van der Waals surface area contributed by atoms with Crippen LogP contribution in [0, 0.1) is 18.4 Å². The molecular formula is C11H17N5S. The summed E-state index contributed by atoms with van der Waals surface area (Å²) < 4.78 is 1.97. The molecule has 92 valence electrons. The van der Waals surface area contributed by atoms with Crippen LogP contribution in [0.5, 0.6) is 0 Å². The predicted molar refractivity (Wildman–Crippen MR) is 69.5 cm³/mol. The van der Waals surface area contributed by atoms with Crippen molar-refractivity contribution in [2.24, 2.45) is 17.0 Å². The second-order valence-corrected chi connectivity index (χ2v) is 4.46. The van der Waals surface area contributed by atoms with Gasteiger partial charge in [0.25, 0.3) is 0 Å². The molecule has 0 aliphatic rings. The molecular weight excluding hydrogens is 234 g/mol. The molecule has 17 heavy (non-hydrogen) atoms. The Morgan fingerprint density at radius 3 is 2.94 bits per heavy atom. The minimum absolute atomic E-state index is 0.387. The van der Waals surface area contributed by atoms with Crippen molar-refractivity contribution in [1.82, 2.24) is 9.88 Å². The van der Waals surface area contributed by atoms with Gasteiger partial charge >= 0.3 is 0 Å². The molecule has 5 nitrogen and oxygen atoms in total. The molecule has 0 fully saturated rings. The molecule has 1 rings (SSSR count). The molecule has 0 bridgehead atoms. The van der Waals surface area contributed by atoms with Gasteiger partial charge in [0.05, 0.1) is 0 Å². The number of guanidine groups is 1. The third-order valence-corrected chi connectivity index (χ3v) is 3.33. The van der Waals surface area contributed by atoms with E-state index in [0.717, 1.165) is 23.3 Å². The second-order valence-electron chi connectivity index (χ2n) is 3.63. The predicted octanol–water partition coefficient (Wildman–Crippen LogP) is 1.52. The van der Waals surface area contributed by atoms with Gasteiger partial charge in [-0.25, -0.2) is 0 Å². The summed E-state index contributed by atoms with van der Waals surface area (Å²) in [5.74, 6) is 0.387. The summed E-state index contributed by atoms with van der Waals surface area (Å²) in [4.78, 5) is 9.43. The molecule has 0 atom stereocenters. The van der Waals surface area contributed by atoms with Gasteiger partial charge in [-0.05, 0) is 13.3 Å². The Balaban J connectivity index is 2.94. The van der Waals surface area contributed by atoms with Gasteiger partial charge in [-0.3, -0.25) is 10.3 Å². The molecule has 1 aromatic heterocycles. The van der Waals surface area contributed by atoms with Gasteiger partial charge in [0.1, 0.15) is 0 Å². The van der Waals surface area contributed by atoms with Crippen LogP contribution in [0.25, 0.3) is 0 Å². The van der Waals surface area contributed by atoms with Crippen molar-refractivity contribution in [3.63, 3.8) is 0 Å². The van der Waals surface area contributed by atoms with E-state index < -0.39 is 0 Å². The highest BCUT2D eigenvalue weighted by Crippen LogP contribution is 1.96. The number of thiazole rings is 1. The Morgan fingerprint density at radius 2 is 2.41 bits per heavy atom. The third-order valence-electron chi connectivity index (χ3n) is 2.29. The van der Waals surface area contributed by atoms with Crippen molar-refractivity contribution in [3.8, 4) is 6.19 Å². The van der Waals surface area contributed by atoms with Crippen LogP contribution in [-0.2, 0) is 7.05 Å². The fraction of sp³-hybridized carbons (Fsp3) is 0.545. The number of unbranched alkanes of at least 4 members (excludes halogenated alkanes) is 1. The highest BCUT2D eigenvalue weighted by molar-refractivity contribution is 7.07. The Bertz CT molecular complexity index is 489. The molecule has 0 aliphatic heterocycles. The van der Waals surface area contributed by atoms with Crippen LogP contribution in [0.4, 0.5) is 0 Å². The maximum Gasteiger partial charge on any atom is 0.234 e. The highest BCUT2D eigenvalue weighted by Gasteiger charge is 1.98. The summed E-state index contributed by atoms with van der Waals surface area (Å²) in [7, 11) is 1.95. The van der Waals surface area contributed by atoms with Crippen LogP contribution in [0.15, 0.2) is 15.4 Å². The molecule has 0 aliphatic carbocycles. The van der Waals surface area contributed by atoms with Gasteiger partial charge in [0.15, 0.2) is 11.0 Å². The summed E-state index contributed by atoms with van der Waals surface area (Å²) >= 11 is 1.54. The summed E-state index contributed by atoms with van der Waals surface area (Å²) in [5.41, 5.74) is 1.14. The van der Waals surface area contributed by atoms with Crippen molar-refractivity contribution in [1.29, 1.82) is 5.26 Å². The number of aromatic nitrogens is 1. The van der Waals surface area contributed by atoms with Crippen molar-refractivity contribution in [2.75, 3.05) is 6.54 Å². The molecule has 0 aromatic carbocycles. The smallest absolute Gasteiger partial charge is 0.234 e. The Morgan fingerprint density at radius 1 is 1.65 bits per heavy atom. The fourth-order valence-electron chi connectivity index (χ4n) is 1.13. The van der Waals surface area contributed by atoms with Gasteiger partial charge < -0.3 is 4.57 Å². The fourth-order valence-corrected chi connectivity index (χ4v) is 2.01. The lowest BCUT2D eigenvalue weighted by atomic mass is 10.3. The minimum atomic E-state index is 0.387. The Kier molecular flexibility index (Phi) is 5.43. The average molecular weight is 251 g/mol. The SMILES string of the molecule is CCCCN=C(N=c1scc(C)n1C)NC#N. The zero-order chi connectivity index (χ0) is 12.7. The number of nitrogens with zero attached hydrogens (tertiary/aromatic N) is 4. The first-order chi connectivity index (χ1) is 8.19. The van der Waals surface area contributed by atoms with Crippen molar-refractivity contribution in [3.05, 3.63) is 15.9 Å². The largest absolute Gasteiger partial charge is 0.324 e. The summed E-state index contributed by atoms with van der Waals surface area (Å²) in [5, 5.41) is 13.2. The number of hydrogen-bond donors (Lipinski definition) is 1. The maximum absolute atomic E-state index is 8.64. The van der Waals surface area contributed by atoms with Gasteiger partial charge in [0, 0.05) is 24.7 Å². The first kappa shape index (κ1) is 13.5. The van der Waals surface area contributed by atoms with Crippen LogP contribution < -0.4 is 10.1 Å². The standard InChI is InChI=1S/C11H17N5S/c1-4-5-6-13-10(14-8-12)15-11-16(3)9(2)7-17-11/h7H,4-6H2,1-3H3,(H,13,14). The molecule has 0 radical (unpaired) electrons. The number of aliphatic imine (C=N–C) groups is 1. The quantitative estimate of drug-likeness (QED) is 0.291. The van der Waals surface area contributed by atoms with Crippen LogP contribution in [-0.4, -0.2) is 17.1 Å². The lowest BCUT2D eigenvalue weighted by molar-refractivity contribution is 0.800. The molecule has 6 heteroatoms. The van der Waals surface area contributed by atoms with Crippen LogP contribution in [0.3, 0.4) is 0 Å². The molecule has 0 spiro atoms. The van der Waals surface area contributed by atoms with E-state index in [1.54, 1.807) is 0 Å². The topological polar surface area (TPSA) is 65.5 Å². The maximum atomic E-state index is 8.64. The zero-order valence-electron chi connectivity index (χ0n) is 10.4. The average Bonchev–Trinajstić information content (AvgIpc) is 2.61. The molecule has 0 unspecified atom stereocenters. The monoisotopic (exact) mass is 251 g/mol. The number of nitriles is 1. The Hall–Kier alpha value is -1.61. The molecule has 0 saturated carbocycles. The zero-order valence-corrected chi connectivity index (χ0v) is 11.2. The van der Waals surface area contributed by atoms with E-state index in [4.69, 9.17) is 5.26 Å². The van der Waals surface area contributed by atoms with E-state index in [1.165, 1.54) is 11.3 Å². The third kappa shape index (κ3) is 4.04. The van der Waals surface area contributed by atoms with E-state index >= 15 is 0 Å². The normalized spacial score (nSPS) is 12.6. The van der Waals surface area contributed by atoms with E-state index in [0.29, 0.717) is 12.5 Å². The van der Waals surface area contributed by atoms with Crippen molar-refractivity contribution >= 4 is 17.3 Å². The number of rotatable bonds is 3. The number of nitrogens with one attached hydrogen (secondary N) is 1. The minimum Gasteiger partial charge on any atom is -0.324 e. The van der Waals surface area contributed by atoms with E-state index in [9.17, 15) is 0 Å². The van der Waals surface area contributed by atoms with Crippen molar-refractivity contribution in [2.45, 2.75) is 26.7 Å². The first-order valence-corrected chi connectivity index (χ1v) is 6.42. The summed E-state index contributed by atoms with van der Waals surface area (Å²) in [6.45, 7) is 4.81. The van der Waals surface area contributed by atoms with E-state index in [-0.39, 0.29) is 0 Å².